The summed E-state index contributed by atoms with van der Waals surface area (Å²) in [5.74, 6) is -0.168. The molecule has 0 saturated heterocycles. The van der Waals surface area contributed by atoms with Gasteiger partial charge >= 0.3 is 0 Å². The maximum atomic E-state index is 11.6. The van der Waals surface area contributed by atoms with Crippen LogP contribution in [0, 0.1) is 21.8 Å². The summed E-state index contributed by atoms with van der Waals surface area (Å²) in [4.78, 5) is 16.3. The zero-order valence-corrected chi connectivity index (χ0v) is 17.8. The summed E-state index contributed by atoms with van der Waals surface area (Å²) < 4.78 is 1.13. The predicted octanol–water partition coefficient (Wildman–Crippen LogP) is 5.75. The van der Waals surface area contributed by atoms with Gasteiger partial charge in [-0.05, 0) is 53.3 Å². The second-order valence-corrected chi connectivity index (χ2v) is 8.21. The lowest BCUT2D eigenvalue weighted by atomic mass is 10.1. The number of thiazole rings is 1. The molecule has 0 atom stereocenters. The van der Waals surface area contributed by atoms with Gasteiger partial charge in [0.15, 0.2) is 0 Å². The Balaban J connectivity index is 2.06. The molecule has 134 valence electrons. The molecule has 0 aliphatic rings. The quantitative estimate of drug-likeness (QED) is 0.378. The van der Waals surface area contributed by atoms with Gasteiger partial charge in [0.2, 0.25) is 5.91 Å². The summed E-state index contributed by atoms with van der Waals surface area (Å²) in [6.07, 6.45) is 1.81. The Hall–Kier alpha value is -2.50. The summed E-state index contributed by atoms with van der Waals surface area (Å²) in [6.45, 7) is 3.48. The van der Waals surface area contributed by atoms with Gasteiger partial charge in [-0.2, -0.15) is 5.26 Å². The van der Waals surface area contributed by atoms with Crippen LogP contribution in [-0.2, 0) is 4.79 Å². The number of hydrogen-bond donors (Lipinski definition) is 1. The molecule has 1 aromatic heterocycles. The molecule has 1 N–H and O–H groups in total. The van der Waals surface area contributed by atoms with Crippen molar-refractivity contribution in [2.24, 2.45) is 0 Å². The highest BCUT2D eigenvalue weighted by molar-refractivity contribution is 14.1. The SMILES string of the molecule is CC(=O)Nc1sc(/C(C#N)=C/c2ccc(I)cc2)nc1-c1ccc(C)cc1. The molecule has 0 aliphatic heterocycles. The maximum Gasteiger partial charge on any atom is 0.221 e. The zero-order valence-electron chi connectivity index (χ0n) is 14.8. The van der Waals surface area contributed by atoms with E-state index in [1.807, 2.05) is 61.5 Å². The molecular weight excluding hydrogens is 469 g/mol. The molecule has 0 unspecified atom stereocenters. The number of amides is 1. The fourth-order valence-corrected chi connectivity index (χ4v) is 3.81. The number of nitrogens with one attached hydrogen (secondary N) is 1. The van der Waals surface area contributed by atoms with Crippen LogP contribution >= 0.6 is 33.9 Å². The monoisotopic (exact) mass is 485 g/mol. The number of hydrogen-bond acceptors (Lipinski definition) is 4. The third kappa shape index (κ3) is 4.81. The van der Waals surface area contributed by atoms with Crippen molar-refractivity contribution in [3.8, 4) is 17.3 Å². The second kappa shape index (κ2) is 8.46. The van der Waals surface area contributed by atoms with Crippen molar-refractivity contribution in [2.75, 3.05) is 5.32 Å². The Morgan fingerprint density at radius 3 is 2.44 bits per heavy atom. The summed E-state index contributed by atoms with van der Waals surface area (Å²) in [5, 5.41) is 13.7. The Bertz CT molecular complexity index is 1040. The van der Waals surface area contributed by atoms with Crippen LogP contribution in [0.2, 0.25) is 0 Å². The first kappa shape index (κ1) is 19.3. The number of carbonyl (C=O) groups excluding carboxylic acids is 1. The lowest BCUT2D eigenvalue weighted by Crippen LogP contribution is -2.05. The van der Waals surface area contributed by atoms with Crippen molar-refractivity contribution in [1.82, 2.24) is 4.98 Å². The minimum Gasteiger partial charge on any atom is -0.316 e. The van der Waals surface area contributed by atoms with Crippen LogP contribution in [0.25, 0.3) is 22.9 Å². The van der Waals surface area contributed by atoms with Gasteiger partial charge in [0, 0.05) is 16.1 Å². The largest absolute Gasteiger partial charge is 0.316 e. The van der Waals surface area contributed by atoms with Gasteiger partial charge < -0.3 is 5.32 Å². The summed E-state index contributed by atoms with van der Waals surface area (Å²) in [7, 11) is 0. The lowest BCUT2D eigenvalue weighted by Gasteiger charge is -2.03. The van der Waals surface area contributed by atoms with E-state index in [-0.39, 0.29) is 5.91 Å². The number of allylic oxidation sites excluding steroid dienone is 1. The standard InChI is InChI=1S/C21H16IN3OS/c1-13-3-7-16(8-4-13)19-21(24-14(2)26)27-20(25-19)17(12-23)11-15-5-9-18(22)10-6-15/h3-11H,1-2H3,(H,24,26)/b17-11+. The van der Waals surface area contributed by atoms with Crippen molar-refractivity contribution >= 4 is 56.5 Å². The van der Waals surface area contributed by atoms with Gasteiger partial charge in [-0.1, -0.05) is 53.3 Å². The number of nitriles is 1. The molecule has 0 saturated carbocycles. The summed E-state index contributed by atoms with van der Waals surface area (Å²) in [6, 6.07) is 18.1. The Kier molecular flexibility index (Phi) is 6.04. The number of rotatable bonds is 4. The van der Waals surface area contributed by atoms with Crippen molar-refractivity contribution in [3.63, 3.8) is 0 Å². The minimum absolute atomic E-state index is 0.168. The smallest absolute Gasteiger partial charge is 0.221 e. The highest BCUT2D eigenvalue weighted by Gasteiger charge is 2.17. The highest BCUT2D eigenvalue weighted by atomic mass is 127. The molecule has 4 nitrogen and oxygen atoms in total. The predicted molar refractivity (Wildman–Crippen MR) is 119 cm³/mol. The average Bonchev–Trinajstić information content (AvgIpc) is 3.04. The number of aryl methyl sites for hydroxylation is 1. The van der Waals surface area contributed by atoms with Gasteiger partial charge in [0.1, 0.15) is 21.8 Å². The first-order valence-corrected chi connectivity index (χ1v) is 10.1. The molecule has 0 spiro atoms. The van der Waals surface area contributed by atoms with Gasteiger partial charge in [-0.25, -0.2) is 4.98 Å². The third-order valence-electron chi connectivity index (χ3n) is 3.77. The molecule has 3 aromatic rings. The van der Waals surface area contributed by atoms with E-state index in [0.29, 0.717) is 21.3 Å². The van der Waals surface area contributed by atoms with Crippen molar-refractivity contribution in [3.05, 3.63) is 68.2 Å². The number of benzene rings is 2. The van der Waals surface area contributed by atoms with E-state index in [4.69, 9.17) is 0 Å². The van der Waals surface area contributed by atoms with Crippen LogP contribution in [0.15, 0.2) is 48.5 Å². The normalized spacial score (nSPS) is 11.1. The maximum absolute atomic E-state index is 11.6. The summed E-state index contributed by atoms with van der Waals surface area (Å²) >= 11 is 3.55. The lowest BCUT2D eigenvalue weighted by molar-refractivity contribution is -0.114. The number of halogens is 1. The molecule has 27 heavy (non-hydrogen) atoms. The van der Waals surface area contributed by atoms with E-state index in [0.717, 1.165) is 20.3 Å². The Labute approximate surface area is 175 Å². The molecule has 3 rings (SSSR count). The topological polar surface area (TPSA) is 65.8 Å². The van der Waals surface area contributed by atoms with E-state index in [1.165, 1.54) is 18.3 Å². The van der Waals surface area contributed by atoms with E-state index in [9.17, 15) is 10.1 Å². The number of nitrogens with zero attached hydrogens (tertiary/aromatic N) is 2. The van der Waals surface area contributed by atoms with E-state index in [1.54, 1.807) is 0 Å². The van der Waals surface area contributed by atoms with Gasteiger partial charge in [-0.3, -0.25) is 4.79 Å². The van der Waals surface area contributed by atoms with Crippen LogP contribution in [0.3, 0.4) is 0 Å². The van der Waals surface area contributed by atoms with E-state index < -0.39 is 0 Å². The van der Waals surface area contributed by atoms with Crippen LogP contribution in [0.5, 0.6) is 0 Å². The Morgan fingerprint density at radius 2 is 1.85 bits per heavy atom. The van der Waals surface area contributed by atoms with Crippen molar-refractivity contribution < 1.29 is 4.79 Å². The van der Waals surface area contributed by atoms with Gasteiger partial charge in [-0.15, -0.1) is 0 Å². The molecule has 1 amide bonds. The van der Waals surface area contributed by atoms with Gasteiger partial charge in [0.05, 0.1) is 5.57 Å². The molecule has 6 heteroatoms. The van der Waals surface area contributed by atoms with Crippen molar-refractivity contribution in [2.45, 2.75) is 13.8 Å². The van der Waals surface area contributed by atoms with Crippen LogP contribution in [0.4, 0.5) is 5.00 Å². The van der Waals surface area contributed by atoms with Gasteiger partial charge in [0.25, 0.3) is 0 Å². The molecule has 0 bridgehead atoms. The van der Waals surface area contributed by atoms with Crippen LogP contribution in [0.1, 0.15) is 23.1 Å². The fourth-order valence-electron chi connectivity index (χ4n) is 2.45. The highest BCUT2D eigenvalue weighted by Crippen LogP contribution is 2.36. The second-order valence-electron chi connectivity index (χ2n) is 5.97. The summed E-state index contributed by atoms with van der Waals surface area (Å²) in [5.41, 5.74) is 4.12. The fraction of sp³-hybridized carbons (Fsp3) is 0.0952. The molecule has 0 radical (unpaired) electrons. The number of anilines is 1. The average molecular weight is 485 g/mol. The Morgan fingerprint density at radius 1 is 1.19 bits per heavy atom. The van der Waals surface area contributed by atoms with E-state index in [2.05, 4.69) is 39.0 Å². The van der Waals surface area contributed by atoms with Crippen molar-refractivity contribution in [1.29, 1.82) is 5.26 Å². The van der Waals surface area contributed by atoms with E-state index >= 15 is 0 Å². The minimum atomic E-state index is -0.168. The zero-order chi connectivity index (χ0) is 19.4. The van der Waals surface area contributed by atoms with Crippen LogP contribution in [-0.4, -0.2) is 10.9 Å². The number of carbonyl (C=O) groups is 1. The molecule has 0 aliphatic carbocycles. The number of aromatic nitrogens is 1. The molecule has 0 fully saturated rings. The molecular formula is C21H16IN3OS. The third-order valence-corrected chi connectivity index (χ3v) is 5.50. The first-order chi connectivity index (χ1) is 13.0. The van der Waals surface area contributed by atoms with Crippen LogP contribution < -0.4 is 5.32 Å². The first-order valence-electron chi connectivity index (χ1n) is 8.19. The molecule has 1 heterocycles. The molecule has 2 aromatic carbocycles.